The van der Waals surface area contributed by atoms with E-state index >= 15 is 0 Å². The summed E-state index contributed by atoms with van der Waals surface area (Å²) in [7, 11) is 0. The maximum absolute atomic E-state index is 12.3. The molecule has 0 radical (unpaired) electrons. The Bertz CT molecular complexity index is 955. The van der Waals surface area contributed by atoms with Crippen LogP contribution in [0.15, 0.2) is 53.9 Å². The molecule has 3 rings (SSSR count). The molecule has 0 aliphatic carbocycles. The first-order chi connectivity index (χ1) is 14.0. The minimum absolute atomic E-state index is 0.000951. The topological polar surface area (TPSA) is 72.7 Å². The van der Waals surface area contributed by atoms with E-state index in [4.69, 9.17) is 0 Å². The van der Waals surface area contributed by atoms with Crippen molar-refractivity contribution in [3.63, 3.8) is 0 Å². The number of aromatic nitrogens is 4. The number of benzene rings is 1. The smallest absolute Gasteiger partial charge is 0.230 e. The molecule has 7 heteroatoms. The predicted octanol–water partition coefficient (Wildman–Crippen LogP) is 4.46. The number of amides is 1. The largest absolute Gasteiger partial charge is 0.353 e. The number of pyridine rings is 1. The minimum Gasteiger partial charge on any atom is -0.353 e. The molecule has 0 saturated carbocycles. The van der Waals surface area contributed by atoms with E-state index in [2.05, 4.69) is 53.4 Å². The fourth-order valence-corrected chi connectivity index (χ4v) is 3.75. The van der Waals surface area contributed by atoms with E-state index in [1.54, 1.807) is 12.4 Å². The summed E-state index contributed by atoms with van der Waals surface area (Å²) in [6.07, 6.45) is 4.42. The van der Waals surface area contributed by atoms with Crippen LogP contribution in [0.4, 0.5) is 0 Å². The summed E-state index contributed by atoms with van der Waals surface area (Å²) in [5.74, 6) is 1.34. The van der Waals surface area contributed by atoms with Gasteiger partial charge in [0, 0.05) is 24.0 Å². The Morgan fingerprint density at radius 1 is 1.14 bits per heavy atom. The Labute approximate surface area is 176 Å². The molecule has 2 heterocycles. The molecule has 1 amide bonds. The molecule has 0 aliphatic rings. The summed E-state index contributed by atoms with van der Waals surface area (Å²) >= 11 is 1.40. The summed E-state index contributed by atoms with van der Waals surface area (Å²) in [4.78, 5) is 16.5. The van der Waals surface area contributed by atoms with Crippen molar-refractivity contribution in [3.05, 3.63) is 54.4 Å². The first kappa shape index (κ1) is 21.0. The fraction of sp³-hybridized carbons (Fsp3) is 0.364. The molecular formula is C22H27N5OS. The van der Waals surface area contributed by atoms with Crippen molar-refractivity contribution in [2.45, 2.75) is 51.2 Å². The van der Waals surface area contributed by atoms with Crippen molar-refractivity contribution >= 4 is 17.7 Å². The zero-order valence-corrected chi connectivity index (χ0v) is 18.1. The van der Waals surface area contributed by atoms with E-state index in [-0.39, 0.29) is 11.9 Å². The van der Waals surface area contributed by atoms with Crippen molar-refractivity contribution < 1.29 is 4.79 Å². The first-order valence-corrected chi connectivity index (χ1v) is 10.9. The summed E-state index contributed by atoms with van der Waals surface area (Å²) in [5.41, 5.74) is 3.11. The fourth-order valence-electron chi connectivity index (χ4n) is 2.99. The van der Waals surface area contributed by atoms with Gasteiger partial charge in [-0.05, 0) is 43.0 Å². The van der Waals surface area contributed by atoms with Crippen LogP contribution in [0.5, 0.6) is 0 Å². The second kappa shape index (κ2) is 9.69. The molecule has 2 aromatic heterocycles. The Morgan fingerprint density at radius 3 is 2.62 bits per heavy atom. The molecule has 3 aromatic rings. The zero-order valence-electron chi connectivity index (χ0n) is 17.3. The molecule has 152 valence electrons. The van der Waals surface area contributed by atoms with Crippen molar-refractivity contribution in [2.24, 2.45) is 0 Å². The lowest BCUT2D eigenvalue weighted by atomic mass is 10.0. The normalized spacial score (nSPS) is 12.2. The van der Waals surface area contributed by atoms with Crippen molar-refractivity contribution in [1.82, 2.24) is 25.1 Å². The van der Waals surface area contributed by atoms with Crippen molar-refractivity contribution in [3.8, 4) is 17.1 Å². The van der Waals surface area contributed by atoms with Gasteiger partial charge in [-0.3, -0.25) is 14.3 Å². The molecule has 29 heavy (non-hydrogen) atoms. The number of rotatable bonds is 8. The van der Waals surface area contributed by atoms with Crippen LogP contribution in [-0.2, 0) is 4.79 Å². The van der Waals surface area contributed by atoms with Crippen LogP contribution in [-0.4, -0.2) is 37.5 Å². The molecule has 1 N–H and O–H groups in total. The van der Waals surface area contributed by atoms with Crippen LogP contribution in [0.2, 0.25) is 0 Å². The van der Waals surface area contributed by atoms with E-state index < -0.39 is 0 Å². The molecule has 0 bridgehead atoms. The van der Waals surface area contributed by atoms with E-state index in [0.29, 0.717) is 16.8 Å². The summed E-state index contributed by atoms with van der Waals surface area (Å²) in [5, 5.41) is 12.5. The van der Waals surface area contributed by atoms with Gasteiger partial charge >= 0.3 is 0 Å². The third-order valence-corrected chi connectivity index (χ3v) is 5.63. The molecule has 1 unspecified atom stereocenters. The lowest BCUT2D eigenvalue weighted by Crippen LogP contribution is -2.33. The summed E-state index contributed by atoms with van der Waals surface area (Å²) in [6, 6.07) is 12.3. The monoisotopic (exact) mass is 409 g/mol. The third-order valence-electron chi connectivity index (χ3n) is 4.70. The molecule has 1 aromatic carbocycles. The van der Waals surface area contributed by atoms with Gasteiger partial charge in [0.15, 0.2) is 11.0 Å². The highest BCUT2D eigenvalue weighted by atomic mass is 32.2. The van der Waals surface area contributed by atoms with Crippen molar-refractivity contribution in [2.75, 3.05) is 5.75 Å². The third kappa shape index (κ3) is 5.03. The van der Waals surface area contributed by atoms with Gasteiger partial charge < -0.3 is 5.32 Å². The van der Waals surface area contributed by atoms with Gasteiger partial charge in [0.1, 0.15) is 0 Å². The average Bonchev–Trinajstić information content (AvgIpc) is 3.16. The molecule has 0 fully saturated rings. The van der Waals surface area contributed by atoms with Crippen LogP contribution in [0.1, 0.15) is 45.6 Å². The number of carbonyl (C=O) groups is 1. The highest BCUT2D eigenvalue weighted by molar-refractivity contribution is 7.99. The van der Waals surface area contributed by atoms with E-state index in [0.717, 1.165) is 23.5 Å². The molecular weight excluding hydrogens is 382 g/mol. The molecule has 1 atom stereocenters. The average molecular weight is 410 g/mol. The number of para-hydroxylation sites is 1. The van der Waals surface area contributed by atoms with Gasteiger partial charge in [-0.25, -0.2) is 0 Å². The number of carbonyl (C=O) groups excluding carboxylic acids is 1. The van der Waals surface area contributed by atoms with Gasteiger partial charge in [-0.15, -0.1) is 10.2 Å². The Hall–Kier alpha value is -2.67. The van der Waals surface area contributed by atoms with E-state index in [1.807, 2.05) is 35.8 Å². The van der Waals surface area contributed by atoms with E-state index in [1.165, 1.54) is 17.3 Å². The lowest BCUT2D eigenvalue weighted by molar-refractivity contribution is -0.119. The van der Waals surface area contributed by atoms with Gasteiger partial charge in [-0.1, -0.05) is 50.7 Å². The maximum Gasteiger partial charge on any atom is 0.230 e. The van der Waals surface area contributed by atoms with Gasteiger partial charge in [0.25, 0.3) is 0 Å². The zero-order chi connectivity index (χ0) is 20.8. The van der Waals surface area contributed by atoms with Crippen LogP contribution < -0.4 is 5.32 Å². The van der Waals surface area contributed by atoms with E-state index in [9.17, 15) is 4.79 Å². The van der Waals surface area contributed by atoms with Crippen LogP contribution in [0.25, 0.3) is 17.1 Å². The lowest BCUT2D eigenvalue weighted by Gasteiger charge is -2.17. The number of hydrogen-bond donors (Lipinski definition) is 1. The summed E-state index contributed by atoms with van der Waals surface area (Å²) in [6.45, 7) is 8.39. The number of thioether (sulfide) groups is 1. The second-order valence-corrected chi connectivity index (χ2v) is 8.20. The Balaban J connectivity index is 2.00. The number of hydrogen-bond acceptors (Lipinski definition) is 5. The Kier molecular flexibility index (Phi) is 7.04. The maximum atomic E-state index is 12.3. The second-order valence-electron chi connectivity index (χ2n) is 7.26. The number of nitrogens with zero attached hydrogens (tertiary/aromatic N) is 4. The molecule has 0 spiro atoms. The molecule has 0 saturated heterocycles. The first-order valence-electron chi connectivity index (χ1n) is 9.88. The quantitative estimate of drug-likeness (QED) is 0.556. The summed E-state index contributed by atoms with van der Waals surface area (Å²) < 4.78 is 2.04. The van der Waals surface area contributed by atoms with Crippen LogP contribution in [0, 0.1) is 0 Å². The van der Waals surface area contributed by atoms with Gasteiger partial charge in [0.05, 0.1) is 11.4 Å². The Morgan fingerprint density at radius 2 is 1.93 bits per heavy atom. The SMILES string of the molecule is CCC(C)NC(=O)CSc1nnc(-c2cccnc2)n1-c1ccccc1C(C)C. The molecule has 0 aliphatic heterocycles. The van der Waals surface area contributed by atoms with Crippen LogP contribution in [0.3, 0.4) is 0 Å². The van der Waals surface area contributed by atoms with Gasteiger partial charge in [0.2, 0.25) is 5.91 Å². The number of nitrogens with one attached hydrogen (secondary N) is 1. The predicted molar refractivity (Wildman–Crippen MR) is 117 cm³/mol. The van der Waals surface area contributed by atoms with Gasteiger partial charge in [-0.2, -0.15) is 0 Å². The molecule has 6 nitrogen and oxygen atoms in total. The van der Waals surface area contributed by atoms with Crippen molar-refractivity contribution in [1.29, 1.82) is 0 Å². The minimum atomic E-state index is -0.000951. The van der Waals surface area contributed by atoms with Crippen LogP contribution >= 0.6 is 11.8 Å². The standard InChI is InChI=1S/C22H27N5OS/c1-5-16(4)24-20(28)14-29-22-26-25-21(17-9-8-12-23-13-17)27(22)19-11-7-6-10-18(19)15(2)3/h6-13,15-16H,5,14H2,1-4H3,(H,24,28). The highest BCUT2D eigenvalue weighted by Crippen LogP contribution is 2.31. The highest BCUT2D eigenvalue weighted by Gasteiger charge is 2.20.